The molecule has 1 amide bonds. The number of fused-ring (bicyclic) bond motifs is 3. The minimum absolute atomic E-state index is 0.470. The van der Waals surface area contributed by atoms with Gasteiger partial charge in [-0.05, 0) is 10.8 Å². The van der Waals surface area contributed by atoms with Crippen LogP contribution >= 0.6 is 0 Å². The summed E-state index contributed by atoms with van der Waals surface area (Å²) < 4.78 is 0. The van der Waals surface area contributed by atoms with Gasteiger partial charge in [-0.1, -0.05) is 36.4 Å². The van der Waals surface area contributed by atoms with Crippen molar-refractivity contribution in [2.45, 2.75) is 0 Å². The molecule has 1 aliphatic rings. The van der Waals surface area contributed by atoms with Crippen LogP contribution in [0.15, 0.2) is 41.4 Å². The van der Waals surface area contributed by atoms with Crippen molar-refractivity contribution in [1.29, 1.82) is 0 Å². The van der Waals surface area contributed by atoms with Gasteiger partial charge in [0.1, 0.15) is 0 Å². The molecule has 0 aromatic heterocycles. The van der Waals surface area contributed by atoms with Crippen LogP contribution in [-0.2, 0) is 4.79 Å². The van der Waals surface area contributed by atoms with E-state index in [-0.39, 0.29) is 0 Å². The number of hydrogen-bond donors (Lipinski definition) is 0. The number of carbonyl (C=O) groups is 2. The maximum atomic E-state index is 11.8. The summed E-state index contributed by atoms with van der Waals surface area (Å²) in [7, 11) is 0. The lowest BCUT2D eigenvalue weighted by Crippen LogP contribution is -2.18. The first-order valence-corrected chi connectivity index (χ1v) is 4.92. The molecule has 76 valence electrons. The normalized spacial score (nSPS) is 14.2. The van der Waals surface area contributed by atoms with E-state index in [1.807, 2.05) is 36.4 Å². The van der Waals surface area contributed by atoms with Crippen LogP contribution < -0.4 is 0 Å². The molecule has 3 heteroatoms. The number of hydrogen-bond acceptors (Lipinski definition) is 2. The lowest BCUT2D eigenvalue weighted by atomic mass is 9.94. The monoisotopic (exact) mass is 209 g/mol. The van der Waals surface area contributed by atoms with Gasteiger partial charge in [-0.25, -0.2) is 4.99 Å². The summed E-state index contributed by atoms with van der Waals surface area (Å²) in [5, 5.41) is 1.77. The van der Waals surface area contributed by atoms with Crippen molar-refractivity contribution in [3.8, 4) is 0 Å². The highest BCUT2D eigenvalue weighted by molar-refractivity contribution is 6.49. The maximum absolute atomic E-state index is 11.8. The summed E-state index contributed by atoms with van der Waals surface area (Å²) in [5.41, 5.74) is 1.18. The molecule has 0 saturated carbocycles. The van der Waals surface area contributed by atoms with Gasteiger partial charge in [0.15, 0.2) is 0 Å². The molecule has 0 radical (unpaired) electrons. The van der Waals surface area contributed by atoms with Crippen LogP contribution in [0.1, 0.15) is 15.9 Å². The van der Waals surface area contributed by atoms with Gasteiger partial charge in [0.25, 0.3) is 5.78 Å². The zero-order valence-corrected chi connectivity index (χ0v) is 8.31. The van der Waals surface area contributed by atoms with Gasteiger partial charge >= 0.3 is 5.91 Å². The Morgan fingerprint density at radius 1 is 0.938 bits per heavy atom. The molecule has 0 fully saturated rings. The number of rotatable bonds is 0. The van der Waals surface area contributed by atoms with Crippen molar-refractivity contribution in [3.63, 3.8) is 0 Å². The van der Waals surface area contributed by atoms with Crippen LogP contribution in [0, 0.1) is 0 Å². The SMILES string of the molecule is O=C1N=Cc2ccc3ccccc3c2C1=O. The number of nitrogens with zero attached hydrogens (tertiary/aromatic N) is 1. The number of benzene rings is 2. The molecule has 0 spiro atoms. The predicted octanol–water partition coefficient (Wildman–Crippen LogP) is 1.98. The van der Waals surface area contributed by atoms with Crippen molar-refractivity contribution in [2.24, 2.45) is 4.99 Å². The molecule has 0 unspecified atom stereocenters. The second-order valence-electron chi connectivity index (χ2n) is 3.64. The summed E-state index contributed by atoms with van der Waals surface area (Å²) in [5.74, 6) is -1.21. The Bertz CT molecular complexity index is 656. The minimum atomic E-state index is -0.691. The van der Waals surface area contributed by atoms with Crippen LogP contribution in [0.4, 0.5) is 0 Å². The molecule has 16 heavy (non-hydrogen) atoms. The number of Topliss-reactive ketones (excluding diaryl/α,β-unsaturated/α-hetero) is 1. The summed E-state index contributed by atoms with van der Waals surface area (Å²) >= 11 is 0. The van der Waals surface area contributed by atoms with E-state index in [0.717, 1.165) is 10.8 Å². The van der Waals surface area contributed by atoms with Crippen LogP contribution in [0.2, 0.25) is 0 Å². The van der Waals surface area contributed by atoms with E-state index in [1.54, 1.807) is 0 Å². The van der Waals surface area contributed by atoms with Gasteiger partial charge in [0, 0.05) is 17.3 Å². The third-order valence-electron chi connectivity index (χ3n) is 2.70. The fourth-order valence-electron chi connectivity index (χ4n) is 1.94. The van der Waals surface area contributed by atoms with E-state index in [2.05, 4.69) is 4.99 Å². The molecule has 3 nitrogen and oxygen atoms in total. The highest BCUT2D eigenvalue weighted by Gasteiger charge is 2.24. The van der Waals surface area contributed by atoms with E-state index in [9.17, 15) is 9.59 Å². The largest absolute Gasteiger partial charge is 0.318 e. The second kappa shape index (κ2) is 3.10. The Labute approximate surface area is 91.4 Å². The van der Waals surface area contributed by atoms with Crippen molar-refractivity contribution < 1.29 is 9.59 Å². The molecule has 0 aliphatic carbocycles. The van der Waals surface area contributed by atoms with E-state index in [1.165, 1.54) is 6.21 Å². The van der Waals surface area contributed by atoms with Crippen molar-refractivity contribution in [1.82, 2.24) is 0 Å². The van der Waals surface area contributed by atoms with Crippen LogP contribution in [0.3, 0.4) is 0 Å². The van der Waals surface area contributed by atoms with E-state index in [4.69, 9.17) is 0 Å². The Hall–Kier alpha value is -2.29. The van der Waals surface area contributed by atoms with Gasteiger partial charge in [0.05, 0.1) is 0 Å². The Morgan fingerprint density at radius 2 is 1.75 bits per heavy atom. The quantitative estimate of drug-likeness (QED) is 0.623. The molecule has 2 aromatic rings. The zero-order chi connectivity index (χ0) is 11.1. The minimum Gasteiger partial charge on any atom is -0.283 e. The average molecular weight is 209 g/mol. The van der Waals surface area contributed by atoms with Crippen LogP contribution in [-0.4, -0.2) is 17.9 Å². The standard InChI is InChI=1S/C13H7NO2/c15-12-11-9(7-14-13(12)16)6-5-8-3-1-2-4-10(8)11/h1-7H. The lowest BCUT2D eigenvalue weighted by Gasteiger charge is -2.10. The smallest absolute Gasteiger partial charge is 0.283 e. The van der Waals surface area contributed by atoms with Crippen molar-refractivity contribution >= 4 is 28.7 Å². The average Bonchev–Trinajstić information content (AvgIpc) is 2.33. The molecule has 2 aromatic carbocycles. The summed E-state index contributed by atoms with van der Waals surface area (Å²) in [6.45, 7) is 0. The van der Waals surface area contributed by atoms with Gasteiger partial charge in [0.2, 0.25) is 0 Å². The van der Waals surface area contributed by atoms with Crippen molar-refractivity contribution in [2.75, 3.05) is 0 Å². The van der Waals surface area contributed by atoms with E-state index >= 15 is 0 Å². The number of carbonyl (C=O) groups excluding carboxylic acids is 2. The van der Waals surface area contributed by atoms with Gasteiger partial charge < -0.3 is 0 Å². The third-order valence-corrected chi connectivity index (χ3v) is 2.70. The Morgan fingerprint density at radius 3 is 2.62 bits per heavy atom. The fraction of sp³-hybridized carbons (Fsp3) is 0. The lowest BCUT2D eigenvalue weighted by molar-refractivity contribution is -0.113. The number of aliphatic imine (C=N–C) groups is 1. The summed E-state index contributed by atoms with van der Waals surface area (Å²) in [6.07, 6.45) is 1.45. The molecular formula is C13H7NO2. The summed E-state index contributed by atoms with van der Waals surface area (Å²) in [4.78, 5) is 26.6. The maximum Gasteiger partial charge on any atom is 0.318 e. The van der Waals surface area contributed by atoms with E-state index < -0.39 is 11.7 Å². The first-order valence-electron chi connectivity index (χ1n) is 4.92. The van der Waals surface area contributed by atoms with Gasteiger partial charge in [-0.3, -0.25) is 9.59 Å². The zero-order valence-electron chi connectivity index (χ0n) is 8.31. The Kier molecular flexibility index (Phi) is 1.74. The molecule has 0 N–H and O–H groups in total. The van der Waals surface area contributed by atoms with Crippen molar-refractivity contribution in [3.05, 3.63) is 47.5 Å². The second-order valence-corrected chi connectivity index (χ2v) is 3.64. The Balaban J connectivity index is 2.46. The highest BCUT2D eigenvalue weighted by atomic mass is 16.2. The first-order chi connectivity index (χ1) is 7.77. The molecule has 1 aliphatic heterocycles. The van der Waals surface area contributed by atoms with Gasteiger partial charge in [-0.15, -0.1) is 0 Å². The number of ketones is 1. The molecule has 3 rings (SSSR count). The molecule has 0 bridgehead atoms. The summed E-state index contributed by atoms with van der Waals surface area (Å²) in [6, 6.07) is 11.2. The fourth-order valence-corrected chi connectivity index (χ4v) is 1.94. The van der Waals surface area contributed by atoms with Crippen LogP contribution in [0.5, 0.6) is 0 Å². The molecule has 0 atom stereocenters. The first kappa shape index (κ1) is 8.97. The molecule has 0 saturated heterocycles. The predicted molar refractivity (Wildman–Crippen MR) is 60.9 cm³/mol. The highest BCUT2D eigenvalue weighted by Crippen LogP contribution is 2.24. The number of amides is 1. The van der Waals surface area contributed by atoms with E-state index in [0.29, 0.717) is 11.1 Å². The topological polar surface area (TPSA) is 46.5 Å². The molecular weight excluding hydrogens is 202 g/mol. The third kappa shape index (κ3) is 1.11. The molecule has 1 heterocycles. The van der Waals surface area contributed by atoms with Gasteiger partial charge in [-0.2, -0.15) is 0 Å². The van der Waals surface area contributed by atoms with Crippen LogP contribution in [0.25, 0.3) is 10.8 Å².